The van der Waals surface area contributed by atoms with E-state index in [1.807, 2.05) is 6.20 Å². The molecule has 1 aromatic heterocycles. The molecular formula is C17H29N3O. The second kappa shape index (κ2) is 8.47. The van der Waals surface area contributed by atoms with Crippen molar-refractivity contribution in [2.24, 2.45) is 0 Å². The van der Waals surface area contributed by atoms with Gasteiger partial charge in [0.15, 0.2) is 0 Å². The summed E-state index contributed by atoms with van der Waals surface area (Å²) in [5.74, 6) is 0. The van der Waals surface area contributed by atoms with Gasteiger partial charge in [-0.05, 0) is 37.8 Å². The van der Waals surface area contributed by atoms with E-state index in [4.69, 9.17) is 4.74 Å². The van der Waals surface area contributed by atoms with Gasteiger partial charge in [-0.1, -0.05) is 13.0 Å². The highest BCUT2D eigenvalue weighted by Crippen LogP contribution is 2.19. The molecule has 0 aliphatic heterocycles. The molecule has 0 radical (unpaired) electrons. The van der Waals surface area contributed by atoms with Crippen LogP contribution in [0.25, 0.3) is 0 Å². The van der Waals surface area contributed by atoms with Crippen LogP contribution in [0, 0.1) is 0 Å². The van der Waals surface area contributed by atoms with E-state index in [-0.39, 0.29) is 0 Å². The van der Waals surface area contributed by atoms with E-state index in [0.29, 0.717) is 6.04 Å². The standard InChI is InChI=1S/C17H29N3O/c1-4-14(2)20(9-10-21-3)13-17-6-5-15(12-19-17)11-18-16-7-8-16/h5-6,12,14,16,18H,4,7-11,13H2,1-3H3. The molecule has 1 heterocycles. The summed E-state index contributed by atoms with van der Waals surface area (Å²) in [6.07, 6.45) is 5.81. The highest BCUT2D eigenvalue weighted by Gasteiger charge is 2.20. The summed E-state index contributed by atoms with van der Waals surface area (Å²) in [4.78, 5) is 7.06. The molecule has 0 aromatic carbocycles. The Morgan fingerprint density at radius 3 is 2.81 bits per heavy atom. The lowest BCUT2D eigenvalue weighted by molar-refractivity contribution is 0.117. The minimum atomic E-state index is 0.554. The zero-order valence-corrected chi connectivity index (χ0v) is 13.6. The van der Waals surface area contributed by atoms with Crippen molar-refractivity contribution >= 4 is 0 Å². The Morgan fingerprint density at radius 1 is 1.43 bits per heavy atom. The predicted octanol–water partition coefficient (Wildman–Crippen LogP) is 2.58. The molecule has 1 unspecified atom stereocenters. The topological polar surface area (TPSA) is 37.4 Å². The molecule has 21 heavy (non-hydrogen) atoms. The summed E-state index contributed by atoms with van der Waals surface area (Å²) in [5, 5.41) is 3.52. The molecule has 1 saturated carbocycles. The number of methoxy groups -OCH3 is 1. The summed E-state index contributed by atoms with van der Waals surface area (Å²) in [6.45, 7) is 8.06. The lowest BCUT2D eigenvalue weighted by Gasteiger charge is -2.27. The van der Waals surface area contributed by atoms with Gasteiger partial charge in [0.25, 0.3) is 0 Å². The molecule has 0 bridgehead atoms. The lowest BCUT2D eigenvalue weighted by Crippen LogP contribution is -2.35. The average Bonchev–Trinajstić information content (AvgIpc) is 3.34. The van der Waals surface area contributed by atoms with Crippen LogP contribution >= 0.6 is 0 Å². The summed E-state index contributed by atoms with van der Waals surface area (Å²) >= 11 is 0. The molecule has 0 amide bonds. The molecule has 2 rings (SSSR count). The average molecular weight is 291 g/mol. The van der Waals surface area contributed by atoms with Gasteiger partial charge in [-0.2, -0.15) is 0 Å². The lowest BCUT2D eigenvalue weighted by atomic mass is 10.2. The van der Waals surface area contributed by atoms with E-state index in [9.17, 15) is 0 Å². The number of hydrogen-bond acceptors (Lipinski definition) is 4. The third kappa shape index (κ3) is 5.73. The van der Waals surface area contributed by atoms with Crippen LogP contribution in [-0.4, -0.2) is 42.2 Å². The highest BCUT2D eigenvalue weighted by molar-refractivity contribution is 5.14. The SMILES string of the molecule is CCC(C)N(CCOC)Cc1ccc(CNC2CC2)cn1. The van der Waals surface area contributed by atoms with Gasteiger partial charge in [-0.25, -0.2) is 0 Å². The monoisotopic (exact) mass is 291 g/mol. The first-order valence-corrected chi connectivity index (χ1v) is 8.13. The Labute approximate surface area is 128 Å². The van der Waals surface area contributed by atoms with Crippen LogP contribution in [0.5, 0.6) is 0 Å². The van der Waals surface area contributed by atoms with E-state index >= 15 is 0 Å². The summed E-state index contributed by atoms with van der Waals surface area (Å²) in [6, 6.07) is 5.66. The second-order valence-corrected chi connectivity index (χ2v) is 6.03. The van der Waals surface area contributed by atoms with Gasteiger partial charge in [0.05, 0.1) is 12.3 Å². The molecule has 1 fully saturated rings. The smallest absolute Gasteiger partial charge is 0.0589 e. The Balaban J connectivity index is 1.86. The van der Waals surface area contributed by atoms with Gasteiger partial charge in [-0.15, -0.1) is 0 Å². The molecular weight excluding hydrogens is 262 g/mol. The predicted molar refractivity (Wildman–Crippen MR) is 86.1 cm³/mol. The van der Waals surface area contributed by atoms with Crippen molar-refractivity contribution in [1.82, 2.24) is 15.2 Å². The van der Waals surface area contributed by atoms with Crippen molar-refractivity contribution in [3.8, 4) is 0 Å². The Kier molecular flexibility index (Phi) is 6.61. The van der Waals surface area contributed by atoms with Crippen molar-refractivity contribution in [1.29, 1.82) is 0 Å². The fourth-order valence-corrected chi connectivity index (χ4v) is 2.33. The van der Waals surface area contributed by atoms with E-state index in [1.54, 1.807) is 7.11 Å². The van der Waals surface area contributed by atoms with Crippen LogP contribution in [0.4, 0.5) is 0 Å². The normalized spacial score (nSPS) is 16.4. The van der Waals surface area contributed by atoms with Crippen molar-refractivity contribution in [3.63, 3.8) is 0 Å². The fraction of sp³-hybridized carbons (Fsp3) is 0.706. The number of rotatable bonds is 10. The van der Waals surface area contributed by atoms with Gasteiger partial charge >= 0.3 is 0 Å². The number of hydrogen-bond donors (Lipinski definition) is 1. The zero-order chi connectivity index (χ0) is 15.1. The van der Waals surface area contributed by atoms with E-state index in [1.165, 1.54) is 18.4 Å². The minimum absolute atomic E-state index is 0.554. The third-order valence-corrected chi connectivity index (χ3v) is 4.22. The Hall–Kier alpha value is -0.970. The summed E-state index contributed by atoms with van der Waals surface area (Å²) < 4.78 is 5.21. The highest BCUT2D eigenvalue weighted by atomic mass is 16.5. The quantitative estimate of drug-likeness (QED) is 0.719. The van der Waals surface area contributed by atoms with Crippen molar-refractivity contribution in [2.75, 3.05) is 20.3 Å². The molecule has 1 atom stereocenters. The maximum Gasteiger partial charge on any atom is 0.0589 e. The van der Waals surface area contributed by atoms with Crippen LogP contribution in [0.1, 0.15) is 44.4 Å². The van der Waals surface area contributed by atoms with Crippen molar-refractivity contribution in [2.45, 2.75) is 58.3 Å². The third-order valence-electron chi connectivity index (χ3n) is 4.22. The molecule has 1 aromatic rings. The number of pyridine rings is 1. The molecule has 4 heteroatoms. The molecule has 0 saturated heterocycles. The number of nitrogens with zero attached hydrogens (tertiary/aromatic N) is 2. The van der Waals surface area contributed by atoms with Crippen LogP contribution in [0.2, 0.25) is 0 Å². The second-order valence-electron chi connectivity index (χ2n) is 6.03. The van der Waals surface area contributed by atoms with Gasteiger partial charge in [0.2, 0.25) is 0 Å². The van der Waals surface area contributed by atoms with E-state index < -0.39 is 0 Å². The number of nitrogens with one attached hydrogen (secondary N) is 1. The van der Waals surface area contributed by atoms with Crippen LogP contribution in [0.3, 0.4) is 0 Å². The Bertz CT molecular complexity index is 403. The Morgan fingerprint density at radius 2 is 2.24 bits per heavy atom. The first-order valence-electron chi connectivity index (χ1n) is 8.13. The molecule has 118 valence electrons. The zero-order valence-electron chi connectivity index (χ0n) is 13.6. The number of aromatic nitrogens is 1. The molecule has 1 aliphatic carbocycles. The van der Waals surface area contributed by atoms with Gasteiger partial charge in [0, 0.05) is 45.0 Å². The molecule has 0 spiro atoms. The van der Waals surface area contributed by atoms with Gasteiger partial charge in [-0.3, -0.25) is 9.88 Å². The van der Waals surface area contributed by atoms with Crippen LogP contribution < -0.4 is 5.32 Å². The maximum absolute atomic E-state index is 5.21. The van der Waals surface area contributed by atoms with E-state index in [2.05, 4.69) is 41.2 Å². The number of ether oxygens (including phenoxy) is 1. The molecule has 1 N–H and O–H groups in total. The first-order chi connectivity index (χ1) is 10.2. The maximum atomic E-state index is 5.21. The van der Waals surface area contributed by atoms with Crippen LogP contribution in [-0.2, 0) is 17.8 Å². The van der Waals surface area contributed by atoms with Crippen LogP contribution in [0.15, 0.2) is 18.3 Å². The van der Waals surface area contributed by atoms with Crippen molar-refractivity contribution < 1.29 is 4.74 Å². The largest absolute Gasteiger partial charge is 0.383 e. The fourth-order valence-electron chi connectivity index (χ4n) is 2.33. The molecule has 4 nitrogen and oxygen atoms in total. The van der Waals surface area contributed by atoms with Gasteiger partial charge in [0.1, 0.15) is 0 Å². The molecule has 1 aliphatic rings. The minimum Gasteiger partial charge on any atom is -0.383 e. The van der Waals surface area contributed by atoms with Gasteiger partial charge < -0.3 is 10.1 Å². The summed E-state index contributed by atoms with van der Waals surface area (Å²) in [5.41, 5.74) is 2.42. The summed E-state index contributed by atoms with van der Waals surface area (Å²) in [7, 11) is 1.76. The van der Waals surface area contributed by atoms with E-state index in [0.717, 1.165) is 44.4 Å². The van der Waals surface area contributed by atoms with Crippen molar-refractivity contribution in [3.05, 3.63) is 29.6 Å². The first kappa shape index (κ1) is 16.4.